The number of allylic oxidation sites excluding steroid dienone is 5. The molecule has 0 bridgehead atoms. The molecule has 0 amide bonds. The quantitative estimate of drug-likeness (QED) is 0.144. The van der Waals surface area contributed by atoms with Crippen molar-refractivity contribution in [1.29, 1.82) is 0 Å². The van der Waals surface area contributed by atoms with Gasteiger partial charge in [-0.2, -0.15) is 0 Å². The van der Waals surface area contributed by atoms with E-state index in [0.29, 0.717) is 35.5 Å². The summed E-state index contributed by atoms with van der Waals surface area (Å²) in [5, 5.41) is 4.67. The molecule has 7 rings (SSSR count). The zero-order valence-electron chi connectivity index (χ0n) is 28.6. The zero-order valence-corrected chi connectivity index (χ0v) is 32.0. The Morgan fingerprint density at radius 2 is 1.24 bits per heavy atom. The van der Waals surface area contributed by atoms with Gasteiger partial charge in [-0.15, -0.1) is 0 Å². The first kappa shape index (κ1) is 34.6. The Balaban J connectivity index is 1.58. The number of ketones is 2. The summed E-state index contributed by atoms with van der Waals surface area (Å²) >= 11 is 1.73. The molecule has 1 saturated heterocycles. The fraction of sp³-hybridized carbons (Fsp3) is 0.109. The summed E-state index contributed by atoms with van der Waals surface area (Å²) in [7, 11) is -2.59. The van der Waals surface area contributed by atoms with Crippen LogP contribution in [0.2, 0.25) is 0 Å². The third-order valence-electron chi connectivity index (χ3n) is 9.51. The van der Waals surface area contributed by atoms with Gasteiger partial charge in [0.15, 0.2) is 0 Å². The van der Waals surface area contributed by atoms with Crippen LogP contribution in [0.3, 0.4) is 0 Å². The average molecular weight is 859 g/mol. The van der Waals surface area contributed by atoms with Gasteiger partial charge in [0.25, 0.3) is 0 Å². The molecule has 0 unspecified atom stereocenters. The second-order valence-corrected chi connectivity index (χ2v) is 16.5. The van der Waals surface area contributed by atoms with Crippen molar-refractivity contribution in [3.05, 3.63) is 195 Å². The van der Waals surface area contributed by atoms with Gasteiger partial charge in [0.1, 0.15) is 0 Å². The van der Waals surface area contributed by atoms with E-state index in [1.165, 1.54) is 21.5 Å². The van der Waals surface area contributed by atoms with Crippen molar-refractivity contribution in [1.82, 2.24) is 0 Å². The number of ether oxygens (including phenoxy) is 1. The Bertz CT molecular complexity index is 2210. The maximum absolute atomic E-state index is 14.3. The van der Waals surface area contributed by atoms with Crippen LogP contribution < -0.4 is 15.9 Å². The molecular weight excluding hydrogens is 822 g/mol. The fourth-order valence-corrected chi connectivity index (χ4v) is 13.0. The number of hydrogen-bond acceptors (Lipinski definition) is 3. The van der Waals surface area contributed by atoms with Crippen LogP contribution in [0.5, 0.6) is 0 Å². The van der Waals surface area contributed by atoms with Crippen LogP contribution in [-0.2, 0) is 22.7 Å². The van der Waals surface area contributed by atoms with E-state index in [1.807, 2.05) is 49.4 Å². The second-order valence-electron chi connectivity index (χ2n) is 12.6. The van der Waals surface area contributed by atoms with Gasteiger partial charge in [-0.05, 0) is 6.92 Å². The topological polar surface area (TPSA) is 43.4 Å². The molecule has 0 aromatic heterocycles. The van der Waals surface area contributed by atoms with Gasteiger partial charge in [-0.25, -0.2) is 0 Å². The van der Waals surface area contributed by atoms with Crippen LogP contribution in [0.25, 0.3) is 11.6 Å². The Kier molecular flexibility index (Phi) is 10.3. The van der Waals surface area contributed by atoms with Crippen LogP contribution >= 0.6 is 7.26 Å². The summed E-state index contributed by atoms with van der Waals surface area (Å²) < 4.78 is 9.82. The maximum atomic E-state index is 14.3. The van der Waals surface area contributed by atoms with Gasteiger partial charge in [0, 0.05) is 0 Å². The van der Waals surface area contributed by atoms with Gasteiger partial charge in [-0.3, -0.25) is 0 Å². The van der Waals surface area contributed by atoms with Crippen molar-refractivity contribution in [2.45, 2.75) is 20.3 Å². The molecule has 51 heavy (non-hydrogen) atoms. The Hall–Kier alpha value is -4.79. The molecule has 3 nitrogen and oxygen atoms in total. The molecule has 0 spiro atoms. The molecule has 1 heterocycles. The number of benzene rings is 5. The molecule has 1 aliphatic heterocycles. The second kappa shape index (κ2) is 15.2. The van der Waals surface area contributed by atoms with Crippen molar-refractivity contribution >= 4 is 46.4 Å². The van der Waals surface area contributed by atoms with Crippen molar-refractivity contribution in [2.24, 2.45) is 0 Å². The summed E-state index contributed by atoms with van der Waals surface area (Å²) in [6.45, 7) is 5.13. The minimum atomic E-state index is -2.59. The Morgan fingerprint density at radius 3 is 1.78 bits per heavy atom. The van der Waals surface area contributed by atoms with E-state index in [-0.39, 0.29) is 11.6 Å². The van der Waals surface area contributed by atoms with Gasteiger partial charge in [0.2, 0.25) is 0 Å². The van der Waals surface area contributed by atoms with Crippen LogP contribution in [0.4, 0.5) is 0 Å². The van der Waals surface area contributed by atoms with E-state index in [0.717, 1.165) is 34.0 Å². The molecule has 2 aliphatic rings. The summed E-state index contributed by atoms with van der Waals surface area (Å²) in [5.41, 5.74) is 6.74. The van der Waals surface area contributed by atoms with Crippen LogP contribution in [0, 0.1) is 4.37 Å². The minimum absolute atomic E-state index is 0.130. The molecular formula is C46H37O3OsP+. The third-order valence-corrected chi connectivity index (χ3v) is 14.9. The van der Waals surface area contributed by atoms with Gasteiger partial charge >= 0.3 is 305 Å². The molecule has 0 radical (unpaired) electrons. The SMILES string of the molecule is C/C=C/c1ccc2c(c1)C(=O)c1cc(C(C=C3COCC3=CCC)=C([C]#[Os])[P+](c3ccccc3)(c3ccccc3)c3ccccc3)ccc1C2=O. The summed E-state index contributed by atoms with van der Waals surface area (Å²) in [4.78, 5) is 28.2. The zero-order chi connectivity index (χ0) is 35.4. The molecule has 0 saturated carbocycles. The van der Waals surface area contributed by atoms with Crippen molar-refractivity contribution < 1.29 is 32.3 Å². The van der Waals surface area contributed by atoms with E-state index in [9.17, 15) is 9.59 Å². The average Bonchev–Trinajstić information content (AvgIpc) is 3.62. The standard InChI is InChI=1S/C46H37O3P.Os/c1-4-15-33-23-25-40-43(27-33)46(48)44-28-34(24-26-41(44)45(40)47)42(29-36-31-49-30-35(36)16-5-2)32(3)50(37-17-9-6-10-18-37,38-19-11-7-12-20-38)39-21-13-8-14-22-39;/h4,6-29H,5,30-31H2,1-2H3;/q+1;/b15-4+,35-16?,36-29?,42-32?;. The molecule has 5 aromatic carbocycles. The van der Waals surface area contributed by atoms with Gasteiger partial charge < -0.3 is 0 Å². The van der Waals surface area contributed by atoms with Crippen molar-refractivity contribution in [3.63, 3.8) is 0 Å². The van der Waals surface area contributed by atoms with Crippen LogP contribution in [-0.4, -0.2) is 24.8 Å². The van der Waals surface area contributed by atoms with E-state index in [1.54, 1.807) is 24.0 Å². The number of carbonyl (C=O) groups is 2. The molecule has 5 aromatic rings. The summed E-state index contributed by atoms with van der Waals surface area (Å²) in [5.74, 6) is -0.270. The first-order valence-electron chi connectivity index (χ1n) is 17.2. The Labute approximate surface area is 310 Å². The van der Waals surface area contributed by atoms with Crippen molar-refractivity contribution in [2.75, 3.05) is 13.2 Å². The van der Waals surface area contributed by atoms with E-state index < -0.39 is 7.26 Å². The van der Waals surface area contributed by atoms with Crippen LogP contribution in [0.15, 0.2) is 162 Å². The first-order chi connectivity index (χ1) is 25.0. The molecule has 251 valence electrons. The van der Waals surface area contributed by atoms with Crippen molar-refractivity contribution in [3.8, 4) is 4.37 Å². The number of carbonyl (C=O) groups excluding carboxylic acids is 2. The molecule has 0 atom stereocenters. The molecule has 0 N–H and O–H groups in total. The third kappa shape index (κ3) is 6.36. The number of fused-ring (bicyclic) bond motifs is 2. The van der Waals surface area contributed by atoms with E-state index in [4.69, 9.17) is 4.74 Å². The van der Waals surface area contributed by atoms with E-state index >= 15 is 0 Å². The van der Waals surface area contributed by atoms with Gasteiger partial charge in [-0.1, -0.05) is 0 Å². The first-order valence-corrected chi connectivity index (χ1v) is 20.2. The monoisotopic (exact) mass is 860 g/mol. The van der Waals surface area contributed by atoms with E-state index in [2.05, 4.69) is 114 Å². The number of hydrogen-bond donors (Lipinski definition) is 0. The summed E-state index contributed by atoms with van der Waals surface area (Å²) in [6, 6.07) is 43.5. The molecule has 5 heteroatoms. The normalized spacial score (nSPS) is 16.3. The molecule has 1 aliphatic carbocycles. The fourth-order valence-electron chi connectivity index (χ4n) is 7.20. The van der Waals surface area contributed by atoms with Gasteiger partial charge in [0.05, 0.1) is 0 Å². The predicted molar refractivity (Wildman–Crippen MR) is 208 cm³/mol. The Morgan fingerprint density at radius 1 is 0.706 bits per heavy atom. The number of rotatable bonds is 8. The predicted octanol–water partition coefficient (Wildman–Crippen LogP) is 9.00. The molecule has 1 fully saturated rings. The summed E-state index contributed by atoms with van der Waals surface area (Å²) in [6.07, 6.45) is 9.27. The van der Waals surface area contributed by atoms with Crippen LogP contribution in [0.1, 0.15) is 63.2 Å².